The van der Waals surface area contributed by atoms with Crippen molar-refractivity contribution >= 4 is 15.9 Å². The number of hydrogen-bond acceptors (Lipinski definition) is 5. The minimum absolute atomic E-state index is 0.357. The monoisotopic (exact) mass is 311 g/mol. The molecule has 0 amide bonds. The summed E-state index contributed by atoms with van der Waals surface area (Å²) in [6.07, 6.45) is 0. The Bertz CT molecular complexity index is 528. The molecule has 0 saturated heterocycles. The summed E-state index contributed by atoms with van der Waals surface area (Å²) in [5, 5.41) is 10.6. The predicted molar refractivity (Wildman–Crippen MR) is 70.3 cm³/mol. The molecule has 1 N–H and O–H groups in total. The van der Waals surface area contributed by atoms with Crippen molar-refractivity contribution in [3.8, 4) is 5.75 Å². The van der Waals surface area contributed by atoms with Crippen molar-refractivity contribution in [2.45, 2.75) is 20.1 Å². The standard InChI is InChI=1S/C12H14BrN3O2/c1-8-12(16-18-15-8)7-17-10-3-4-11(13)9(5-10)6-14-2/h3-5,14H,6-7H2,1-2H3. The first kappa shape index (κ1) is 13.0. The first-order valence-corrected chi connectivity index (χ1v) is 6.34. The number of hydrogen-bond donors (Lipinski definition) is 1. The predicted octanol–water partition coefficient (Wildman–Crippen LogP) is 2.44. The fraction of sp³-hybridized carbons (Fsp3) is 0.333. The van der Waals surface area contributed by atoms with Gasteiger partial charge in [0.1, 0.15) is 23.7 Å². The van der Waals surface area contributed by atoms with Crippen molar-refractivity contribution in [2.24, 2.45) is 0 Å². The topological polar surface area (TPSA) is 60.2 Å². The van der Waals surface area contributed by atoms with Crippen LogP contribution in [0.15, 0.2) is 27.3 Å². The number of rotatable bonds is 5. The molecule has 18 heavy (non-hydrogen) atoms. The highest BCUT2D eigenvalue weighted by atomic mass is 79.9. The summed E-state index contributed by atoms with van der Waals surface area (Å²) in [7, 11) is 1.91. The minimum atomic E-state index is 0.357. The van der Waals surface area contributed by atoms with E-state index >= 15 is 0 Å². The molecule has 0 saturated carbocycles. The van der Waals surface area contributed by atoms with E-state index in [1.807, 2.05) is 32.2 Å². The summed E-state index contributed by atoms with van der Waals surface area (Å²) in [4.78, 5) is 0. The third-order valence-electron chi connectivity index (χ3n) is 2.51. The molecule has 0 unspecified atom stereocenters. The van der Waals surface area contributed by atoms with E-state index in [1.165, 1.54) is 0 Å². The Kier molecular flexibility index (Phi) is 4.33. The lowest BCUT2D eigenvalue weighted by atomic mass is 10.2. The molecule has 1 heterocycles. The largest absolute Gasteiger partial charge is 0.487 e. The number of aryl methyl sites for hydroxylation is 1. The molecule has 2 aromatic rings. The van der Waals surface area contributed by atoms with E-state index in [2.05, 4.69) is 36.2 Å². The van der Waals surface area contributed by atoms with Crippen LogP contribution in [0.2, 0.25) is 0 Å². The summed E-state index contributed by atoms with van der Waals surface area (Å²) in [6.45, 7) is 2.97. The summed E-state index contributed by atoms with van der Waals surface area (Å²) in [6, 6.07) is 5.87. The minimum Gasteiger partial charge on any atom is -0.487 e. The molecule has 0 spiro atoms. The van der Waals surface area contributed by atoms with Gasteiger partial charge in [0.2, 0.25) is 0 Å². The first-order chi connectivity index (χ1) is 8.70. The van der Waals surface area contributed by atoms with Gasteiger partial charge in [0.05, 0.1) is 0 Å². The van der Waals surface area contributed by atoms with Gasteiger partial charge in [-0.1, -0.05) is 26.2 Å². The Morgan fingerprint density at radius 1 is 1.39 bits per heavy atom. The Balaban J connectivity index is 2.05. The Morgan fingerprint density at radius 2 is 2.22 bits per heavy atom. The quantitative estimate of drug-likeness (QED) is 0.919. The van der Waals surface area contributed by atoms with Gasteiger partial charge in [-0.25, -0.2) is 4.63 Å². The van der Waals surface area contributed by atoms with Crippen LogP contribution in [0.5, 0.6) is 5.75 Å². The summed E-state index contributed by atoms with van der Waals surface area (Å²) in [5.74, 6) is 0.797. The SMILES string of the molecule is CNCc1cc(OCc2nonc2C)ccc1Br. The maximum Gasteiger partial charge on any atom is 0.145 e. The van der Waals surface area contributed by atoms with Crippen molar-refractivity contribution in [2.75, 3.05) is 7.05 Å². The van der Waals surface area contributed by atoms with E-state index < -0.39 is 0 Å². The second-order valence-electron chi connectivity index (χ2n) is 3.87. The Morgan fingerprint density at radius 3 is 2.89 bits per heavy atom. The fourth-order valence-corrected chi connectivity index (χ4v) is 1.89. The van der Waals surface area contributed by atoms with Crippen LogP contribution in [-0.2, 0) is 13.2 Å². The van der Waals surface area contributed by atoms with Crippen LogP contribution >= 0.6 is 15.9 Å². The molecule has 0 atom stereocenters. The molecule has 0 aliphatic heterocycles. The van der Waals surface area contributed by atoms with Gasteiger partial charge in [-0.05, 0) is 37.7 Å². The fourth-order valence-electron chi connectivity index (χ4n) is 1.50. The van der Waals surface area contributed by atoms with Crippen LogP contribution in [0, 0.1) is 6.92 Å². The second kappa shape index (κ2) is 5.97. The third kappa shape index (κ3) is 3.08. The number of nitrogens with one attached hydrogen (secondary N) is 1. The highest BCUT2D eigenvalue weighted by Gasteiger charge is 2.07. The van der Waals surface area contributed by atoms with E-state index in [4.69, 9.17) is 4.74 Å². The molecule has 0 radical (unpaired) electrons. The summed E-state index contributed by atoms with van der Waals surface area (Å²) < 4.78 is 11.3. The van der Waals surface area contributed by atoms with Gasteiger partial charge in [0.25, 0.3) is 0 Å². The van der Waals surface area contributed by atoms with Crippen molar-refractivity contribution in [3.05, 3.63) is 39.6 Å². The highest BCUT2D eigenvalue weighted by molar-refractivity contribution is 9.10. The van der Waals surface area contributed by atoms with Crippen LogP contribution in [-0.4, -0.2) is 17.4 Å². The summed E-state index contributed by atoms with van der Waals surface area (Å²) >= 11 is 3.50. The molecule has 1 aromatic carbocycles. The molecule has 96 valence electrons. The van der Waals surface area contributed by atoms with Gasteiger partial charge in [0, 0.05) is 11.0 Å². The van der Waals surface area contributed by atoms with E-state index in [0.717, 1.165) is 28.0 Å². The van der Waals surface area contributed by atoms with Crippen LogP contribution < -0.4 is 10.1 Å². The lowest BCUT2D eigenvalue weighted by Crippen LogP contribution is -2.06. The molecule has 0 aliphatic carbocycles. The summed E-state index contributed by atoms with van der Waals surface area (Å²) in [5.41, 5.74) is 2.61. The smallest absolute Gasteiger partial charge is 0.145 e. The molecule has 1 aromatic heterocycles. The van der Waals surface area contributed by atoms with Crippen LogP contribution in [0.3, 0.4) is 0 Å². The van der Waals surface area contributed by atoms with Crippen molar-refractivity contribution in [1.82, 2.24) is 15.6 Å². The molecule has 6 heteroatoms. The molecule has 0 fully saturated rings. The molecule has 5 nitrogen and oxygen atoms in total. The van der Waals surface area contributed by atoms with Crippen LogP contribution in [0.1, 0.15) is 17.0 Å². The van der Waals surface area contributed by atoms with Gasteiger partial charge in [-0.2, -0.15) is 0 Å². The lowest BCUT2D eigenvalue weighted by molar-refractivity contribution is 0.270. The maximum atomic E-state index is 5.66. The number of halogens is 1. The molecular weight excluding hydrogens is 298 g/mol. The molecular formula is C12H14BrN3O2. The third-order valence-corrected chi connectivity index (χ3v) is 3.28. The molecule has 0 aliphatic rings. The number of ether oxygens (including phenoxy) is 1. The van der Waals surface area contributed by atoms with Crippen molar-refractivity contribution in [1.29, 1.82) is 0 Å². The average Bonchev–Trinajstić information content (AvgIpc) is 2.76. The zero-order valence-electron chi connectivity index (χ0n) is 10.2. The van der Waals surface area contributed by atoms with Crippen LogP contribution in [0.4, 0.5) is 0 Å². The average molecular weight is 312 g/mol. The molecule has 2 rings (SSSR count). The Hall–Kier alpha value is -1.40. The normalized spacial score (nSPS) is 10.6. The molecule has 0 bridgehead atoms. The van der Waals surface area contributed by atoms with E-state index in [-0.39, 0.29) is 0 Å². The highest BCUT2D eigenvalue weighted by Crippen LogP contribution is 2.23. The first-order valence-electron chi connectivity index (χ1n) is 5.54. The van der Waals surface area contributed by atoms with Gasteiger partial charge < -0.3 is 10.1 Å². The maximum absolute atomic E-state index is 5.66. The Labute approximate surface area is 114 Å². The van der Waals surface area contributed by atoms with Gasteiger partial charge in [-0.3, -0.25) is 0 Å². The number of benzene rings is 1. The van der Waals surface area contributed by atoms with Crippen molar-refractivity contribution < 1.29 is 9.37 Å². The zero-order chi connectivity index (χ0) is 13.0. The van der Waals surface area contributed by atoms with Crippen LogP contribution in [0.25, 0.3) is 0 Å². The van der Waals surface area contributed by atoms with Gasteiger partial charge in [0.15, 0.2) is 0 Å². The zero-order valence-corrected chi connectivity index (χ0v) is 11.8. The van der Waals surface area contributed by atoms with Gasteiger partial charge in [-0.15, -0.1) is 0 Å². The number of aromatic nitrogens is 2. The van der Waals surface area contributed by atoms with E-state index in [0.29, 0.717) is 12.3 Å². The number of nitrogens with zero attached hydrogens (tertiary/aromatic N) is 2. The lowest BCUT2D eigenvalue weighted by Gasteiger charge is -2.08. The van der Waals surface area contributed by atoms with Gasteiger partial charge >= 0.3 is 0 Å². The van der Waals surface area contributed by atoms with E-state index in [9.17, 15) is 0 Å². The van der Waals surface area contributed by atoms with E-state index in [1.54, 1.807) is 0 Å². The second-order valence-corrected chi connectivity index (χ2v) is 4.72. The van der Waals surface area contributed by atoms with Crippen molar-refractivity contribution in [3.63, 3.8) is 0 Å².